The molecule has 0 saturated carbocycles. The molecule has 128 valence electrons. The number of methoxy groups -OCH3 is 2. The van der Waals surface area contributed by atoms with Crippen molar-refractivity contribution in [1.29, 1.82) is 0 Å². The SMILES string of the molecule is COc1ccc(C(=O)Nc2ccc3c(C)cc(C)nc3n2)cc1OC. The Morgan fingerprint density at radius 1 is 0.960 bits per heavy atom. The van der Waals surface area contributed by atoms with Crippen LogP contribution in [0, 0.1) is 13.8 Å². The van der Waals surface area contributed by atoms with Gasteiger partial charge < -0.3 is 14.8 Å². The minimum Gasteiger partial charge on any atom is -0.493 e. The van der Waals surface area contributed by atoms with Crippen molar-refractivity contribution in [1.82, 2.24) is 9.97 Å². The van der Waals surface area contributed by atoms with Gasteiger partial charge in [0.2, 0.25) is 0 Å². The minimum absolute atomic E-state index is 0.280. The monoisotopic (exact) mass is 337 g/mol. The van der Waals surface area contributed by atoms with Crippen LogP contribution in [0.3, 0.4) is 0 Å². The van der Waals surface area contributed by atoms with E-state index in [0.29, 0.717) is 28.5 Å². The van der Waals surface area contributed by atoms with Gasteiger partial charge in [-0.3, -0.25) is 4.79 Å². The highest BCUT2D eigenvalue weighted by molar-refractivity contribution is 6.04. The van der Waals surface area contributed by atoms with Crippen LogP contribution >= 0.6 is 0 Å². The van der Waals surface area contributed by atoms with Crippen LogP contribution in [0.15, 0.2) is 36.4 Å². The van der Waals surface area contributed by atoms with Gasteiger partial charge in [-0.1, -0.05) is 0 Å². The zero-order valence-electron chi connectivity index (χ0n) is 14.6. The Balaban J connectivity index is 1.89. The minimum atomic E-state index is -0.280. The lowest BCUT2D eigenvalue weighted by atomic mass is 10.1. The second-order valence-corrected chi connectivity index (χ2v) is 5.67. The lowest BCUT2D eigenvalue weighted by Crippen LogP contribution is -2.13. The number of carbonyl (C=O) groups is 1. The number of benzene rings is 1. The van der Waals surface area contributed by atoms with Crippen LogP contribution in [0.25, 0.3) is 11.0 Å². The number of carbonyl (C=O) groups excluding carboxylic acids is 1. The second-order valence-electron chi connectivity index (χ2n) is 5.67. The number of aryl methyl sites for hydroxylation is 2. The molecule has 0 fully saturated rings. The molecule has 6 heteroatoms. The molecule has 0 atom stereocenters. The fourth-order valence-electron chi connectivity index (χ4n) is 2.67. The van der Waals surface area contributed by atoms with Crippen molar-refractivity contribution in [3.05, 3.63) is 53.2 Å². The molecular formula is C19H19N3O3. The molecule has 0 bridgehead atoms. The van der Waals surface area contributed by atoms with Crippen LogP contribution in [0.2, 0.25) is 0 Å². The van der Waals surface area contributed by atoms with Crippen LogP contribution in [0.5, 0.6) is 11.5 Å². The fraction of sp³-hybridized carbons (Fsp3) is 0.211. The maximum Gasteiger partial charge on any atom is 0.256 e. The van der Waals surface area contributed by atoms with Gasteiger partial charge in [0.15, 0.2) is 17.1 Å². The van der Waals surface area contributed by atoms with Gasteiger partial charge in [-0.25, -0.2) is 9.97 Å². The molecule has 0 spiro atoms. The van der Waals surface area contributed by atoms with Crippen molar-refractivity contribution in [3.8, 4) is 11.5 Å². The Morgan fingerprint density at radius 2 is 1.72 bits per heavy atom. The van der Waals surface area contributed by atoms with Crippen molar-refractivity contribution in [3.63, 3.8) is 0 Å². The van der Waals surface area contributed by atoms with Gasteiger partial charge in [-0.05, 0) is 55.8 Å². The predicted molar refractivity (Wildman–Crippen MR) is 96.5 cm³/mol. The van der Waals surface area contributed by atoms with Gasteiger partial charge >= 0.3 is 0 Å². The summed E-state index contributed by atoms with van der Waals surface area (Å²) in [5.74, 6) is 1.23. The van der Waals surface area contributed by atoms with Gasteiger partial charge in [0.1, 0.15) is 5.82 Å². The van der Waals surface area contributed by atoms with E-state index in [1.54, 1.807) is 31.4 Å². The fourth-order valence-corrected chi connectivity index (χ4v) is 2.67. The molecular weight excluding hydrogens is 318 g/mol. The normalized spacial score (nSPS) is 10.6. The van der Waals surface area contributed by atoms with E-state index in [4.69, 9.17) is 9.47 Å². The van der Waals surface area contributed by atoms with Crippen molar-refractivity contribution in [2.75, 3.05) is 19.5 Å². The number of fused-ring (bicyclic) bond motifs is 1. The summed E-state index contributed by atoms with van der Waals surface area (Å²) in [6.45, 7) is 3.93. The summed E-state index contributed by atoms with van der Waals surface area (Å²) >= 11 is 0. The molecule has 0 aliphatic heterocycles. The average molecular weight is 337 g/mol. The zero-order chi connectivity index (χ0) is 18.0. The van der Waals surface area contributed by atoms with E-state index in [9.17, 15) is 4.79 Å². The highest BCUT2D eigenvalue weighted by Crippen LogP contribution is 2.28. The molecule has 1 aromatic carbocycles. The smallest absolute Gasteiger partial charge is 0.256 e. The number of pyridine rings is 2. The molecule has 1 N–H and O–H groups in total. The number of amides is 1. The summed E-state index contributed by atoms with van der Waals surface area (Å²) in [4.78, 5) is 21.4. The van der Waals surface area contributed by atoms with Crippen LogP contribution in [-0.2, 0) is 0 Å². The largest absolute Gasteiger partial charge is 0.493 e. The number of nitrogens with one attached hydrogen (secondary N) is 1. The third-order valence-corrected chi connectivity index (χ3v) is 3.89. The maximum atomic E-state index is 12.5. The predicted octanol–water partition coefficient (Wildman–Crippen LogP) is 3.52. The molecule has 2 aromatic heterocycles. The van der Waals surface area contributed by atoms with Gasteiger partial charge in [-0.2, -0.15) is 0 Å². The van der Waals surface area contributed by atoms with Gasteiger partial charge in [0.25, 0.3) is 5.91 Å². The summed E-state index contributed by atoms with van der Waals surface area (Å²) in [5, 5.41) is 3.76. The summed E-state index contributed by atoms with van der Waals surface area (Å²) in [6.07, 6.45) is 0. The van der Waals surface area contributed by atoms with Gasteiger partial charge in [0, 0.05) is 16.6 Å². The maximum absolute atomic E-state index is 12.5. The van der Waals surface area contributed by atoms with E-state index in [0.717, 1.165) is 16.6 Å². The van der Waals surface area contributed by atoms with Crippen molar-refractivity contribution in [2.45, 2.75) is 13.8 Å². The Morgan fingerprint density at radius 3 is 2.44 bits per heavy atom. The molecule has 0 radical (unpaired) electrons. The average Bonchev–Trinajstić information content (AvgIpc) is 2.60. The number of aromatic nitrogens is 2. The molecule has 0 unspecified atom stereocenters. The van der Waals surface area contributed by atoms with Gasteiger partial charge in [0.05, 0.1) is 14.2 Å². The Kier molecular flexibility index (Phi) is 4.52. The van der Waals surface area contributed by atoms with E-state index in [1.165, 1.54) is 7.11 Å². The van der Waals surface area contributed by atoms with E-state index in [-0.39, 0.29) is 5.91 Å². The summed E-state index contributed by atoms with van der Waals surface area (Å²) in [5.41, 5.74) is 3.06. The van der Waals surface area contributed by atoms with Crippen molar-refractivity contribution >= 4 is 22.8 Å². The first-order chi connectivity index (χ1) is 12.0. The standard InChI is InChI=1S/C19H19N3O3/c1-11-9-12(2)20-18-14(11)6-8-17(21-18)22-19(23)13-5-7-15(24-3)16(10-13)25-4/h5-10H,1-4H3,(H,20,21,22,23). The third kappa shape index (κ3) is 3.38. The van der Waals surface area contributed by atoms with Crippen LogP contribution in [0.1, 0.15) is 21.6 Å². The Hall–Kier alpha value is -3.15. The topological polar surface area (TPSA) is 73.3 Å². The highest BCUT2D eigenvalue weighted by atomic mass is 16.5. The second kappa shape index (κ2) is 6.76. The zero-order valence-corrected chi connectivity index (χ0v) is 14.6. The molecule has 3 aromatic rings. The number of ether oxygens (including phenoxy) is 2. The Labute approximate surface area is 145 Å². The molecule has 6 nitrogen and oxygen atoms in total. The van der Waals surface area contributed by atoms with E-state index in [1.807, 2.05) is 26.0 Å². The van der Waals surface area contributed by atoms with Crippen molar-refractivity contribution < 1.29 is 14.3 Å². The first-order valence-electron chi connectivity index (χ1n) is 7.80. The molecule has 0 saturated heterocycles. The van der Waals surface area contributed by atoms with E-state index < -0.39 is 0 Å². The highest BCUT2D eigenvalue weighted by Gasteiger charge is 2.12. The quantitative estimate of drug-likeness (QED) is 0.788. The Bertz CT molecular complexity index is 954. The molecule has 1 amide bonds. The lowest BCUT2D eigenvalue weighted by molar-refractivity contribution is 0.102. The number of anilines is 1. The summed E-state index contributed by atoms with van der Waals surface area (Å²) in [6, 6.07) is 10.7. The number of hydrogen-bond donors (Lipinski definition) is 1. The lowest BCUT2D eigenvalue weighted by Gasteiger charge is -2.10. The molecule has 3 rings (SSSR count). The van der Waals surface area contributed by atoms with E-state index in [2.05, 4.69) is 15.3 Å². The van der Waals surface area contributed by atoms with E-state index >= 15 is 0 Å². The number of hydrogen-bond acceptors (Lipinski definition) is 5. The summed E-state index contributed by atoms with van der Waals surface area (Å²) in [7, 11) is 3.08. The molecule has 0 aliphatic rings. The molecule has 25 heavy (non-hydrogen) atoms. The first-order valence-corrected chi connectivity index (χ1v) is 7.80. The number of rotatable bonds is 4. The first kappa shape index (κ1) is 16.7. The molecule has 2 heterocycles. The van der Waals surface area contributed by atoms with Crippen LogP contribution in [-0.4, -0.2) is 30.1 Å². The van der Waals surface area contributed by atoms with Crippen LogP contribution < -0.4 is 14.8 Å². The molecule has 0 aliphatic carbocycles. The summed E-state index contributed by atoms with van der Waals surface area (Å²) < 4.78 is 10.4. The van der Waals surface area contributed by atoms with Crippen molar-refractivity contribution in [2.24, 2.45) is 0 Å². The third-order valence-electron chi connectivity index (χ3n) is 3.89. The van der Waals surface area contributed by atoms with Crippen LogP contribution in [0.4, 0.5) is 5.82 Å². The van der Waals surface area contributed by atoms with Gasteiger partial charge in [-0.15, -0.1) is 0 Å². The number of nitrogens with zero attached hydrogens (tertiary/aromatic N) is 2.